The Bertz CT molecular complexity index is 1600. The van der Waals surface area contributed by atoms with E-state index in [9.17, 15) is 4.79 Å². The predicted molar refractivity (Wildman–Crippen MR) is 165 cm³/mol. The highest BCUT2D eigenvalue weighted by Gasteiger charge is 2.48. The molecule has 0 amide bonds. The molecule has 4 heterocycles. The summed E-state index contributed by atoms with van der Waals surface area (Å²) in [6, 6.07) is 11.3. The van der Waals surface area contributed by atoms with Gasteiger partial charge in [0, 0.05) is 29.4 Å². The molecule has 9 nitrogen and oxygen atoms in total. The first kappa shape index (κ1) is 27.7. The minimum absolute atomic E-state index is 0.0554. The maximum absolute atomic E-state index is 13.4. The lowest BCUT2D eigenvalue weighted by Gasteiger charge is -2.41. The number of halogens is 2. The van der Waals surface area contributed by atoms with E-state index in [2.05, 4.69) is 42.4 Å². The first-order valence-corrected chi connectivity index (χ1v) is 15.4. The minimum Gasteiger partial charge on any atom is -0.497 e. The Morgan fingerprint density at radius 1 is 1.20 bits per heavy atom. The molecule has 2 atom stereocenters. The van der Waals surface area contributed by atoms with Crippen LogP contribution in [-0.4, -0.2) is 56.5 Å². The van der Waals surface area contributed by atoms with Crippen molar-refractivity contribution in [1.82, 2.24) is 19.5 Å². The van der Waals surface area contributed by atoms with Crippen LogP contribution in [0.1, 0.15) is 18.4 Å². The average molecular weight is 691 g/mol. The van der Waals surface area contributed by atoms with Crippen molar-refractivity contribution in [3.63, 3.8) is 0 Å². The van der Waals surface area contributed by atoms with Gasteiger partial charge >= 0.3 is 0 Å². The highest BCUT2D eigenvalue weighted by Crippen LogP contribution is 2.43. The third-order valence-electron chi connectivity index (χ3n) is 7.81. The largest absolute Gasteiger partial charge is 0.497 e. The van der Waals surface area contributed by atoms with Crippen molar-refractivity contribution in [2.24, 2.45) is 11.1 Å². The van der Waals surface area contributed by atoms with E-state index in [1.54, 1.807) is 30.4 Å². The second-order valence-corrected chi connectivity index (χ2v) is 12.8. The van der Waals surface area contributed by atoms with Crippen LogP contribution in [0.3, 0.4) is 0 Å². The molecule has 2 aromatic carbocycles. The van der Waals surface area contributed by atoms with Crippen molar-refractivity contribution in [3.8, 4) is 5.75 Å². The summed E-state index contributed by atoms with van der Waals surface area (Å²) in [5, 5.41) is 1.43. The van der Waals surface area contributed by atoms with Crippen LogP contribution in [0.25, 0.3) is 10.9 Å². The molecule has 0 bridgehead atoms. The highest BCUT2D eigenvalue weighted by atomic mass is 127. The van der Waals surface area contributed by atoms with Crippen LogP contribution in [0, 0.1) is 5.41 Å². The molecule has 6 rings (SSSR count). The van der Waals surface area contributed by atoms with Crippen molar-refractivity contribution in [1.29, 1.82) is 0 Å². The summed E-state index contributed by atoms with van der Waals surface area (Å²) in [7, 11) is 1.62. The Morgan fingerprint density at radius 2 is 2.02 bits per heavy atom. The molecule has 2 aliphatic rings. The number of nitrogens with zero attached hydrogens (tertiary/aromatic N) is 5. The van der Waals surface area contributed by atoms with Gasteiger partial charge in [-0.3, -0.25) is 9.36 Å². The molecule has 4 aromatic rings. The summed E-state index contributed by atoms with van der Waals surface area (Å²) in [5.74, 6) is 1.57. The molecule has 2 aliphatic heterocycles. The van der Waals surface area contributed by atoms with Gasteiger partial charge in [-0.1, -0.05) is 35.5 Å². The standard InChI is InChI=1S/C28H28ClIN6O3S/c1-38-18-4-2-3-17(11-18)14-36-16-34-19-5-6-20(24(29)23(19)27(36)37)40-22-13-32-21(12-33-22)35-9-7-28(8-10-35)15-39-26(30)25(28)31/h2-6,11-13,16,25-26H,7-10,14-15,31H2,1H3/t25-,26-/m1/s1. The molecule has 0 aliphatic carbocycles. The number of hydrogen-bond acceptors (Lipinski definition) is 9. The Hall–Kier alpha value is -2.45. The lowest BCUT2D eigenvalue weighted by molar-refractivity contribution is 0.127. The fraction of sp³-hybridized carbons (Fsp3) is 0.357. The van der Waals surface area contributed by atoms with Crippen LogP contribution in [0.5, 0.6) is 5.75 Å². The van der Waals surface area contributed by atoms with E-state index in [0.29, 0.717) is 27.5 Å². The molecule has 1 spiro atoms. The van der Waals surface area contributed by atoms with Crippen molar-refractivity contribution in [3.05, 3.63) is 76.1 Å². The van der Waals surface area contributed by atoms with Gasteiger partial charge in [0.15, 0.2) is 0 Å². The summed E-state index contributed by atoms with van der Waals surface area (Å²) in [6.07, 6.45) is 7.04. The molecule has 208 valence electrons. The van der Waals surface area contributed by atoms with E-state index in [4.69, 9.17) is 26.8 Å². The van der Waals surface area contributed by atoms with Gasteiger partial charge in [-0.25, -0.2) is 15.0 Å². The van der Waals surface area contributed by atoms with Crippen LogP contribution in [0.4, 0.5) is 5.82 Å². The number of alkyl halides is 1. The number of piperidine rings is 1. The predicted octanol–water partition coefficient (Wildman–Crippen LogP) is 4.75. The average Bonchev–Trinajstić information content (AvgIpc) is 3.25. The monoisotopic (exact) mass is 690 g/mol. The lowest BCUT2D eigenvalue weighted by atomic mass is 9.75. The third-order valence-corrected chi connectivity index (χ3v) is 10.4. The topological polar surface area (TPSA) is 108 Å². The summed E-state index contributed by atoms with van der Waals surface area (Å²) in [5.41, 5.74) is 7.78. The Kier molecular flexibility index (Phi) is 7.92. The zero-order valence-corrected chi connectivity index (χ0v) is 25.5. The van der Waals surface area contributed by atoms with Gasteiger partial charge in [-0.05, 0) is 65.3 Å². The summed E-state index contributed by atoms with van der Waals surface area (Å²) in [4.78, 5) is 30.2. The first-order chi connectivity index (χ1) is 19.4. The Morgan fingerprint density at radius 3 is 2.73 bits per heavy atom. The fourth-order valence-electron chi connectivity index (χ4n) is 5.36. The third kappa shape index (κ3) is 5.29. The van der Waals surface area contributed by atoms with Crippen molar-refractivity contribution >= 4 is 62.7 Å². The lowest BCUT2D eigenvalue weighted by Crippen LogP contribution is -2.50. The van der Waals surface area contributed by atoms with Crippen LogP contribution in [0.15, 0.2) is 69.8 Å². The van der Waals surface area contributed by atoms with Crippen LogP contribution in [0.2, 0.25) is 5.02 Å². The van der Waals surface area contributed by atoms with Gasteiger partial charge in [0.1, 0.15) is 20.7 Å². The normalized spacial score (nSPS) is 20.4. The molecular weight excluding hydrogens is 663 g/mol. The number of hydrogen-bond donors (Lipinski definition) is 1. The molecule has 2 aromatic heterocycles. The van der Waals surface area contributed by atoms with Gasteiger partial charge < -0.3 is 20.1 Å². The fourth-order valence-corrected chi connectivity index (χ4v) is 7.43. The summed E-state index contributed by atoms with van der Waals surface area (Å²) >= 11 is 10.5. The number of aromatic nitrogens is 4. The molecule has 2 saturated heterocycles. The highest BCUT2D eigenvalue weighted by molar-refractivity contribution is 14.1. The summed E-state index contributed by atoms with van der Waals surface area (Å²) < 4.78 is 12.8. The maximum Gasteiger partial charge on any atom is 0.263 e. The molecule has 40 heavy (non-hydrogen) atoms. The van der Waals surface area contributed by atoms with Crippen molar-refractivity contribution < 1.29 is 9.47 Å². The number of fused-ring (bicyclic) bond motifs is 1. The van der Waals surface area contributed by atoms with Gasteiger partial charge in [-0.15, -0.1) is 0 Å². The quantitative estimate of drug-likeness (QED) is 0.227. The van der Waals surface area contributed by atoms with Gasteiger partial charge in [0.05, 0.1) is 54.9 Å². The number of nitrogens with two attached hydrogens (primary N) is 1. The second kappa shape index (κ2) is 11.4. The Balaban J connectivity index is 1.18. The van der Waals surface area contributed by atoms with Crippen LogP contribution < -0.4 is 20.9 Å². The minimum atomic E-state index is -0.203. The maximum atomic E-state index is 13.4. The number of benzene rings is 2. The zero-order valence-electron chi connectivity index (χ0n) is 21.8. The molecule has 0 saturated carbocycles. The summed E-state index contributed by atoms with van der Waals surface area (Å²) in [6.45, 7) is 2.82. The van der Waals surface area contributed by atoms with E-state index in [0.717, 1.165) is 54.6 Å². The van der Waals surface area contributed by atoms with Crippen molar-refractivity contribution in [2.75, 3.05) is 31.7 Å². The van der Waals surface area contributed by atoms with Crippen LogP contribution in [-0.2, 0) is 11.3 Å². The first-order valence-electron chi connectivity index (χ1n) is 12.9. The number of methoxy groups -OCH3 is 1. The Labute approximate surface area is 254 Å². The molecule has 0 unspecified atom stereocenters. The van der Waals surface area contributed by atoms with E-state index in [1.807, 2.05) is 36.4 Å². The van der Waals surface area contributed by atoms with Gasteiger partial charge in [0.2, 0.25) is 0 Å². The van der Waals surface area contributed by atoms with E-state index >= 15 is 0 Å². The van der Waals surface area contributed by atoms with Gasteiger partial charge in [-0.2, -0.15) is 0 Å². The van der Waals surface area contributed by atoms with E-state index in [-0.39, 0.29) is 21.1 Å². The molecule has 2 fully saturated rings. The van der Waals surface area contributed by atoms with E-state index < -0.39 is 0 Å². The van der Waals surface area contributed by atoms with E-state index in [1.165, 1.54) is 11.8 Å². The number of rotatable bonds is 6. The van der Waals surface area contributed by atoms with Gasteiger partial charge in [0.25, 0.3) is 5.56 Å². The number of anilines is 1. The molecule has 0 radical (unpaired) electrons. The number of ether oxygens (including phenoxy) is 2. The molecule has 12 heteroatoms. The second-order valence-electron chi connectivity index (χ2n) is 10.2. The molecule has 2 N–H and O–H groups in total. The van der Waals surface area contributed by atoms with Crippen molar-refractivity contribution in [2.45, 2.75) is 39.5 Å². The zero-order chi connectivity index (χ0) is 27.9. The molecular formula is C28H28ClIN6O3S. The smallest absolute Gasteiger partial charge is 0.263 e. The SMILES string of the molecule is COc1cccc(Cn2cnc3ccc(Sc4cnc(N5CCC6(CC5)CO[C@@H](I)[C@H]6N)cn4)c(Cl)c3c2=O)c1. The van der Waals surface area contributed by atoms with Crippen LogP contribution >= 0.6 is 46.0 Å².